The van der Waals surface area contributed by atoms with Crippen LogP contribution in [0.2, 0.25) is 10.0 Å². The molecule has 0 aliphatic rings. The molecule has 1 N–H and O–H groups in total. The standard InChI is InChI=1S/C20H17Cl2N3O2/c1-12-3-4-13(2)15(9-12)17-7-8-20(27)25(24-17)11-19(26)23-18-6-5-14(21)10-16(18)22/h3-10H,11H2,1-2H3,(H,23,26). The van der Waals surface area contributed by atoms with Crippen molar-refractivity contribution in [1.82, 2.24) is 9.78 Å². The molecule has 2 aromatic carbocycles. The van der Waals surface area contributed by atoms with E-state index in [2.05, 4.69) is 10.4 Å². The number of aryl methyl sites for hydroxylation is 2. The van der Waals surface area contributed by atoms with Crippen molar-refractivity contribution >= 4 is 34.8 Å². The Bertz CT molecular complexity index is 1080. The maximum Gasteiger partial charge on any atom is 0.267 e. The molecule has 0 aliphatic carbocycles. The number of hydrogen-bond donors (Lipinski definition) is 1. The van der Waals surface area contributed by atoms with Crippen molar-refractivity contribution < 1.29 is 4.79 Å². The van der Waals surface area contributed by atoms with Gasteiger partial charge in [-0.2, -0.15) is 5.10 Å². The van der Waals surface area contributed by atoms with Gasteiger partial charge in [0.15, 0.2) is 0 Å². The molecular weight excluding hydrogens is 385 g/mol. The van der Waals surface area contributed by atoms with Crippen LogP contribution in [0, 0.1) is 13.8 Å². The minimum Gasteiger partial charge on any atom is -0.323 e. The van der Waals surface area contributed by atoms with Crippen LogP contribution in [0.25, 0.3) is 11.3 Å². The van der Waals surface area contributed by atoms with E-state index >= 15 is 0 Å². The van der Waals surface area contributed by atoms with Crippen molar-refractivity contribution in [2.24, 2.45) is 0 Å². The number of nitrogens with one attached hydrogen (secondary N) is 1. The van der Waals surface area contributed by atoms with E-state index < -0.39 is 5.91 Å². The van der Waals surface area contributed by atoms with E-state index in [1.807, 2.05) is 32.0 Å². The van der Waals surface area contributed by atoms with Gasteiger partial charge in [-0.1, -0.05) is 40.9 Å². The SMILES string of the molecule is Cc1ccc(C)c(-c2ccc(=O)n(CC(=O)Nc3ccc(Cl)cc3Cl)n2)c1. The molecule has 0 atom stereocenters. The Morgan fingerprint density at radius 3 is 2.59 bits per heavy atom. The number of halogens is 2. The molecule has 0 unspecified atom stereocenters. The molecule has 0 saturated heterocycles. The average molecular weight is 402 g/mol. The molecule has 3 aromatic rings. The lowest BCUT2D eigenvalue weighted by atomic mass is 10.0. The number of rotatable bonds is 4. The monoisotopic (exact) mass is 401 g/mol. The van der Waals surface area contributed by atoms with Crippen molar-refractivity contribution in [2.45, 2.75) is 20.4 Å². The maximum atomic E-state index is 12.3. The molecule has 0 saturated carbocycles. The van der Waals surface area contributed by atoms with Crippen LogP contribution in [0.5, 0.6) is 0 Å². The highest BCUT2D eigenvalue weighted by atomic mass is 35.5. The van der Waals surface area contributed by atoms with E-state index in [-0.39, 0.29) is 12.1 Å². The first kappa shape index (κ1) is 19.1. The second-order valence-corrected chi connectivity index (χ2v) is 7.05. The number of carbonyl (C=O) groups is 1. The lowest BCUT2D eigenvalue weighted by Gasteiger charge is -2.11. The number of carbonyl (C=O) groups excluding carboxylic acids is 1. The van der Waals surface area contributed by atoms with Crippen LogP contribution in [-0.4, -0.2) is 15.7 Å². The Balaban J connectivity index is 1.85. The molecule has 0 aliphatic heterocycles. The Morgan fingerprint density at radius 1 is 1.07 bits per heavy atom. The maximum absolute atomic E-state index is 12.3. The van der Waals surface area contributed by atoms with E-state index in [1.54, 1.807) is 18.2 Å². The van der Waals surface area contributed by atoms with Crippen molar-refractivity contribution in [3.8, 4) is 11.3 Å². The summed E-state index contributed by atoms with van der Waals surface area (Å²) < 4.78 is 1.14. The summed E-state index contributed by atoms with van der Waals surface area (Å²) in [5, 5.41) is 7.80. The smallest absolute Gasteiger partial charge is 0.267 e. The number of anilines is 1. The zero-order valence-electron chi connectivity index (χ0n) is 14.8. The third-order valence-corrected chi connectivity index (χ3v) is 4.58. The predicted molar refractivity (Wildman–Crippen MR) is 108 cm³/mol. The van der Waals surface area contributed by atoms with Crippen LogP contribution >= 0.6 is 23.2 Å². The first-order valence-corrected chi connectivity index (χ1v) is 9.00. The lowest BCUT2D eigenvalue weighted by molar-refractivity contribution is -0.117. The van der Waals surface area contributed by atoms with Crippen LogP contribution in [-0.2, 0) is 11.3 Å². The van der Waals surface area contributed by atoms with Gasteiger partial charge in [-0.15, -0.1) is 0 Å². The normalized spacial score (nSPS) is 10.7. The van der Waals surface area contributed by atoms with Crippen LogP contribution < -0.4 is 10.9 Å². The zero-order valence-corrected chi connectivity index (χ0v) is 16.3. The quantitative estimate of drug-likeness (QED) is 0.700. The van der Waals surface area contributed by atoms with E-state index in [0.717, 1.165) is 21.4 Å². The van der Waals surface area contributed by atoms with Crippen LogP contribution in [0.3, 0.4) is 0 Å². The van der Waals surface area contributed by atoms with E-state index in [1.165, 1.54) is 12.1 Å². The van der Waals surface area contributed by atoms with Crippen molar-refractivity contribution in [3.05, 3.63) is 80.1 Å². The van der Waals surface area contributed by atoms with Gasteiger partial charge < -0.3 is 5.32 Å². The van der Waals surface area contributed by atoms with Gasteiger partial charge in [0.2, 0.25) is 5.91 Å². The van der Waals surface area contributed by atoms with E-state index in [4.69, 9.17) is 23.2 Å². The van der Waals surface area contributed by atoms with E-state index in [0.29, 0.717) is 21.4 Å². The molecule has 1 amide bonds. The summed E-state index contributed by atoms with van der Waals surface area (Å²) in [6.07, 6.45) is 0. The first-order chi connectivity index (χ1) is 12.8. The van der Waals surface area contributed by atoms with Gasteiger partial charge in [0.1, 0.15) is 6.54 Å². The largest absolute Gasteiger partial charge is 0.323 e. The fraction of sp³-hybridized carbons (Fsp3) is 0.150. The van der Waals surface area contributed by atoms with Gasteiger partial charge in [-0.25, -0.2) is 4.68 Å². The predicted octanol–water partition coefficient (Wildman–Crippen LogP) is 4.47. The van der Waals surface area contributed by atoms with Gasteiger partial charge in [0.05, 0.1) is 16.4 Å². The summed E-state index contributed by atoms with van der Waals surface area (Å²) in [6.45, 7) is 3.74. The summed E-state index contributed by atoms with van der Waals surface area (Å²) in [4.78, 5) is 24.5. The summed E-state index contributed by atoms with van der Waals surface area (Å²) in [5.74, 6) is -0.410. The average Bonchev–Trinajstić information content (AvgIpc) is 2.61. The minimum absolute atomic E-state index is 0.226. The molecule has 0 fully saturated rings. The third kappa shape index (κ3) is 4.56. The molecule has 138 valence electrons. The summed E-state index contributed by atoms with van der Waals surface area (Å²) in [5.41, 5.74) is 3.74. The number of aromatic nitrogens is 2. The molecular formula is C20H17Cl2N3O2. The summed E-state index contributed by atoms with van der Waals surface area (Å²) in [6, 6.07) is 13.8. The molecule has 5 nitrogen and oxygen atoms in total. The number of hydrogen-bond acceptors (Lipinski definition) is 3. The second-order valence-electron chi connectivity index (χ2n) is 6.21. The second kappa shape index (κ2) is 7.94. The third-order valence-electron chi connectivity index (χ3n) is 4.03. The molecule has 0 radical (unpaired) electrons. The molecule has 0 bridgehead atoms. The molecule has 0 spiro atoms. The highest BCUT2D eigenvalue weighted by molar-refractivity contribution is 6.36. The topological polar surface area (TPSA) is 64.0 Å². The van der Waals surface area contributed by atoms with Gasteiger partial charge in [0.25, 0.3) is 5.56 Å². The fourth-order valence-corrected chi connectivity index (χ4v) is 3.09. The van der Waals surface area contributed by atoms with E-state index in [9.17, 15) is 9.59 Å². The molecule has 1 aromatic heterocycles. The van der Waals surface area contributed by atoms with Crippen molar-refractivity contribution in [1.29, 1.82) is 0 Å². The van der Waals surface area contributed by atoms with Gasteiger partial charge >= 0.3 is 0 Å². The lowest BCUT2D eigenvalue weighted by Crippen LogP contribution is -2.29. The number of benzene rings is 2. The highest BCUT2D eigenvalue weighted by Gasteiger charge is 2.11. The first-order valence-electron chi connectivity index (χ1n) is 8.24. The van der Waals surface area contributed by atoms with Gasteiger partial charge in [0, 0.05) is 16.7 Å². The molecule has 27 heavy (non-hydrogen) atoms. The van der Waals surface area contributed by atoms with Gasteiger partial charge in [-0.05, 0) is 49.7 Å². The van der Waals surface area contributed by atoms with Crippen molar-refractivity contribution in [2.75, 3.05) is 5.32 Å². The fourth-order valence-electron chi connectivity index (χ4n) is 2.63. The van der Waals surface area contributed by atoms with Crippen molar-refractivity contribution in [3.63, 3.8) is 0 Å². The number of nitrogens with zero attached hydrogens (tertiary/aromatic N) is 2. The Kier molecular flexibility index (Phi) is 5.63. The number of amides is 1. The van der Waals surface area contributed by atoms with Crippen LogP contribution in [0.15, 0.2) is 53.3 Å². The molecule has 7 heteroatoms. The zero-order chi connectivity index (χ0) is 19.6. The van der Waals surface area contributed by atoms with Gasteiger partial charge in [-0.3, -0.25) is 9.59 Å². The Morgan fingerprint density at radius 2 is 1.85 bits per heavy atom. The summed E-state index contributed by atoms with van der Waals surface area (Å²) in [7, 11) is 0. The molecule has 3 rings (SSSR count). The minimum atomic E-state index is -0.410. The highest BCUT2D eigenvalue weighted by Crippen LogP contribution is 2.25. The Hall–Kier alpha value is -2.63. The van der Waals surface area contributed by atoms with Crippen LogP contribution in [0.1, 0.15) is 11.1 Å². The Labute approximate surface area is 166 Å². The summed E-state index contributed by atoms with van der Waals surface area (Å²) >= 11 is 11.9. The molecule has 1 heterocycles. The van der Waals surface area contributed by atoms with Crippen LogP contribution in [0.4, 0.5) is 5.69 Å².